The number of hydrogen-bond donors (Lipinski definition) is 1. The predicted molar refractivity (Wildman–Crippen MR) is 121 cm³/mol. The molecule has 0 aliphatic heterocycles. The first-order valence-corrected chi connectivity index (χ1v) is 10.9. The highest BCUT2D eigenvalue weighted by molar-refractivity contribution is 7.09. The topological polar surface area (TPSA) is 77.5 Å². The van der Waals surface area contributed by atoms with Crippen molar-refractivity contribution in [3.8, 4) is 5.75 Å². The molecule has 0 fully saturated rings. The third-order valence-electron chi connectivity index (χ3n) is 4.75. The van der Waals surface area contributed by atoms with Gasteiger partial charge in [0.05, 0.1) is 19.2 Å². The Kier molecular flexibility index (Phi) is 7.78. The molecule has 162 valence electrons. The van der Waals surface area contributed by atoms with Crippen LogP contribution in [-0.4, -0.2) is 24.0 Å². The average Bonchev–Trinajstić information content (AvgIpc) is 3.20. The molecular formula is C24H26N2O4S. The molecule has 7 heteroatoms. The number of anilines is 1. The zero-order chi connectivity index (χ0) is 22.2. The van der Waals surface area contributed by atoms with Gasteiger partial charge in [0.2, 0.25) is 5.91 Å². The van der Waals surface area contributed by atoms with Crippen LogP contribution in [0.4, 0.5) is 5.69 Å². The Labute approximate surface area is 186 Å². The smallest absolute Gasteiger partial charge is 0.306 e. The number of hydrogen-bond acceptors (Lipinski definition) is 6. The van der Waals surface area contributed by atoms with Crippen LogP contribution in [0.5, 0.6) is 5.75 Å². The van der Waals surface area contributed by atoms with Gasteiger partial charge in [-0.1, -0.05) is 30.3 Å². The van der Waals surface area contributed by atoms with Crippen LogP contribution in [0.2, 0.25) is 0 Å². The molecule has 1 N–H and O–H groups in total. The van der Waals surface area contributed by atoms with E-state index in [1.54, 1.807) is 7.11 Å². The Bertz CT molecular complexity index is 1060. The summed E-state index contributed by atoms with van der Waals surface area (Å²) >= 11 is 1.38. The number of carbonyl (C=O) groups excluding carboxylic acids is 2. The minimum Gasteiger partial charge on any atom is -0.496 e. The van der Waals surface area contributed by atoms with E-state index in [1.165, 1.54) is 11.3 Å². The Morgan fingerprint density at radius 1 is 1.13 bits per heavy atom. The van der Waals surface area contributed by atoms with Crippen molar-refractivity contribution in [1.82, 2.24) is 4.98 Å². The zero-order valence-corrected chi connectivity index (χ0v) is 18.8. The van der Waals surface area contributed by atoms with Gasteiger partial charge in [-0.25, -0.2) is 4.98 Å². The number of rotatable bonds is 9. The molecule has 31 heavy (non-hydrogen) atoms. The Hall–Kier alpha value is -3.19. The predicted octanol–water partition coefficient (Wildman–Crippen LogP) is 4.63. The lowest BCUT2D eigenvalue weighted by atomic mass is 10.1. The van der Waals surface area contributed by atoms with Crippen molar-refractivity contribution in [2.24, 2.45) is 0 Å². The van der Waals surface area contributed by atoms with Crippen LogP contribution >= 0.6 is 11.3 Å². The number of aryl methyl sites for hydroxylation is 3. The van der Waals surface area contributed by atoms with Gasteiger partial charge in [0, 0.05) is 17.5 Å². The van der Waals surface area contributed by atoms with Crippen LogP contribution in [0, 0.1) is 13.8 Å². The molecular weight excluding hydrogens is 412 g/mol. The summed E-state index contributed by atoms with van der Waals surface area (Å²) in [6.45, 7) is 4.04. The molecule has 1 aromatic heterocycles. The normalized spacial score (nSPS) is 10.5. The third-order valence-corrected chi connectivity index (χ3v) is 5.65. The van der Waals surface area contributed by atoms with E-state index in [1.807, 2.05) is 61.7 Å². The van der Waals surface area contributed by atoms with Gasteiger partial charge in [-0.05, 0) is 49.1 Å². The van der Waals surface area contributed by atoms with Crippen molar-refractivity contribution in [2.45, 2.75) is 39.7 Å². The van der Waals surface area contributed by atoms with Crippen LogP contribution in [0.1, 0.15) is 33.8 Å². The van der Waals surface area contributed by atoms with Gasteiger partial charge in [0.1, 0.15) is 17.4 Å². The number of nitrogens with zero attached hydrogens (tertiary/aromatic N) is 1. The molecule has 3 aromatic rings. The van der Waals surface area contributed by atoms with Crippen molar-refractivity contribution in [3.63, 3.8) is 0 Å². The van der Waals surface area contributed by atoms with E-state index < -0.39 is 0 Å². The van der Waals surface area contributed by atoms with Crippen molar-refractivity contribution in [2.75, 3.05) is 12.4 Å². The van der Waals surface area contributed by atoms with Crippen LogP contribution < -0.4 is 10.1 Å². The molecule has 0 radical (unpaired) electrons. The number of para-hydroxylation sites is 1. The van der Waals surface area contributed by atoms with E-state index in [0.29, 0.717) is 17.1 Å². The average molecular weight is 439 g/mol. The Balaban J connectivity index is 1.45. The minimum absolute atomic E-state index is 0.0971. The molecule has 0 unspecified atom stereocenters. The molecule has 1 heterocycles. The monoisotopic (exact) mass is 438 g/mol. The lowest BCUT2D eigenvalue weighted by Gasteiger charge is -2.08. The number of methoxy groups -OCH3 is 1. The summed E-state index contributed by atoms with van der Waals surface area (Å²) in [7, 11) is 1.61. The number of thiazole rings is 1. The lowest BCUT2D eigenvalue weighted by Crippen LogP contribution is -2.15. The first-order chi connectivity index (χ1) is 14.9. The second-order valence-electron chi connectivity index (χ2n) is 7.25. The first kappa shape index (κ1) is 22.5. The van der Waals surface area contributed by atoms with Crippen molar-refractivity contribution < 1.29 is 19.1 Å². The Morgan fingerprint density at radius 2 is 1.94 bits per heavy atom. The molecule has 3 rings (SSSR count). The van der Waals surface area contributed by atoms with E-state index in [9.17, 15) is 9.59 Å². The molecule has 0 aliphatic carbocycles. The number of aromatic nitrogens is 1. The quantitative estimate of drug-likeness (QED) is 0.493. The summed E-state index contributed by atoms with van der Waals surface area (Å²) in [4.78, 5) is 28.8. The van der Waals surface area contributed by atoms with Crippen LogP contribution in [-0.2, 0) is 33.8 Å². The van der Waals surface area contributed by atoms with Gasteiger partial charge >= 0.3 is 5.97 Å². The summed E-state index contributed by atoms with van der Waals surface area (Å²) in [5.41, 5.74) is 4.52. The third kappa shape index (κ3) is 6.65. The van der Waals surface area contributed by atoms with Gasteiger partial charge in [-0.3, -0.25) is 9.59 Å². The number of esters is 1. The summed E-state index contributed by atoms with van der Waals surface area (Å²) < 4.78 is 10.6. The molecule has 0 saturated carbocycles. The summed E-state index contributed by atoms with van der Waals surface area (Å²) in [6, 6.07) is 13.5. The SMILES string of the molecule is COc1ccccc1CCC(=O)OCc1csc(CC(=O)Nc2cc(C)ccc2C)n1. The standard InChI is InChI=1S/C24H26N2O4S/c1-16-8-9-17(2)20(12-16)26-22(27)13-23-25-19(15-31-23)14-30-24(28)11-10-18-6-4-5-7-21(18)29-3/h4-9,12,15H,10-11,13-14H2,1-3H3,(H,26,27). The maximum Gasteiger partial charge on any atom is 0.306 e. The molecule has 0 aliphatic rings. The van der Waals surface area contributed by atoms with Gasteiger partial charge in [0.25, 0.3) is 0 Å². The Morgan fingerprint density at radius 3 is 2.74 bits per heavy atom. The number of nitrogens with one attached hydrogen (secondary N) is 1. The molecule has 6 nitrogen and oxygen atoms in total. The molecule has 0 bridgehead atoms. The van der Waals surface area contributed by atoms with Crippen molar-refractivity contribution in [1.29, 1.82) is 0 Å². The number of carbonyl (C=O) groups is 2. The fourth-order valence-corrected chi connectivity index (χ4v) is 3.85. The van der Waals surface area contributed by atoms with E-state index in [-0.39, 0.29) is 31.3 Å². The molecule has 0 spiro atoms. The lowest BCUT2D eigenvalue weighted by molar-refractivity contribution is -0.145. The summed E-state index contributed by atoms with van der Waals surface area (Å²) in [6.07, 6.45) is 0.985. The summed E-state index contributed by atoms with van der Waals surface area (Å²) in [5.74, 6) is 0.343. The molecule has 2 aromatic carbocycles. The van der Waals surface area contributed by atoms with E-state index >= 15 is 0 Å². The van der Waals surface area contributed by atoms with Crippen LogP contribution in [0.3, 0.4) is 0 Å². The number of amides is 1. The second kappa shape index (κ2) is 10.7. The largest absolute Gasteiger partial charge is 0.496 e. The van der Waals surface area contributed by atoms with E-state index in [0.717, 1.165) is 28.1 Å². The second-order valence-corrected chi connectivity index (χ2v) is 8.19. The molecule has 0 atom stereocenters. The molecule has 1 amide bonds. The first-order valence-electron chi connectivity index (χ1n) is 10.0. The van der Waals surface area contributed by atoms with Gasteiger partial charge in [-0.15, -0.1) is 11.3 Å². The van der Waals surface area contributed by atoms with Crippen LogP contribution in [0.15, 0.2) is 47.8 Å². The fraction of sp³-hybridized carbons (Fsp3) is 0.292. The van der Waals surface area contributed by atoms with Crippen LogP contribution in [0.25, 0.3) is 0 Å². The van der Waals surface area contributed by atoms with Gasteiger partial charge in [-0.2, -0.15) is 0 Å². The van der Waals surface area contributed by atoms with Crippen molar-refractivity contribution >= 4 is 28.9 Å². The fourth-order valence-electron chi connectivity index (χ4n) is 3.07. The maximum atomic E-state index is 12.4. The van der Waals surface area contributed by atoms with Gasteiger partial charge in [0.15, 0.2) is 0 Å². The highest BCUT2D eigenvalue weighted by Gasteiger charge is 2.12. The minimum atomic E-state index is -0.298. The number of benzene rings is 2. The van der Waals surface area contributed by atoms with E-state index in [4.69, 9.17) is 9.47 Å². The highest BCUT2D eigenvalue weighted by atomic mass is 32.1. The number of ether oxygens (including phenoxy) is 2. The van der Waals surface area contributed by atoms with Gasteiger partial charge < -0.3 is 14.8 Å². The highest BCUT2D eigenvalue weighted by Crippen LogP contribution is 2.20. The summed E-state index contributed by atoms with van der Waals surface area (Å²) in [5, 5.41) is 5.43. The zero-order valence-electron chi connectivity index (χ0n) is 17.9. The van der Waals surface area contributed by atoms with E-state index in [2.05, 4.69) is 10.3 Å². The van der Waals surface area contributed by atoms with Crippen molar-refractivity contribution in [3.05, 3.63) is 75.2 Å². The maximum absolute atomic E-state index is 12.4. The molecule has 0 saturated heterocycles.